The Morgan fingerprint density at radius 3 is 2.25 bits per heavy atom. The van der Waals surface area contributed by atoms with Crippen molar-refractivity contribution in [3.63, 3.8) is 0 Å². The minimum absolute atomic E-state index is 0.178. The molecule has 0 rings (SSSR count). The predicted molar refractivity (Wildman–Crippen MR) is 64.3 cm³/mol. The molecule has 6 nitrogen and oxygen atoms in total. The van der Waals surface area contributed by atoms with Gasteiger partial charge in [-0.05, 0) is 13.8 Å². The lowest BCUT2D eigenvalue weighted by Crippen LogP contribution is -2.50. The second kappa shape index (κ2) is 7.93. The van der Waals surface area contributed by atoms with E-state index >= 15 is 0 Å². The predicted octanol–water partition coefficient (Wildman–Crippen LogP) is 1.46. The lowest BCUT2D eigenvalue weighted by atomic mass is 10.2. The first kappa shape index (κ1) is 18.5. The Morgan fingerprint density at radius 2 is 1.90 bits per heavy atom. The van der Waals surface area contributed by atoms with Gasteiger partial charge in [0.1, 0.15) is 6.54 Å². The molecule has 0 fully saturated rings. The van der Waals surface area contributed by atoms with Crippen molar-refractivity contribution in [2.45, 2.75) is 38.6 Å². The smallest absolute Gasteiger partial charge is 0.406 e. The number of alkyl halides is 3. The van der Waals surface area contributed by atoms with Gasteiger partial charge in [-0.1, -0.05) is 0 Å². The largest absolute Gasteiger partial charge is 0.481 e. The maximum Gasteiger partial charge on any atom is 0.406 e. The van der Waals surface area contributed by atoms with E-state index in [2.05, 4.69) is 5.32 Å². The van der Waals surface area contributed by atoms with Gasteiger partial charge >= 0.3 is 18.2 Å². The zero-order chi connectivity index (χ0) is 15.9. The summed E-state index contributed by atoms with van der Waals surface area (Å²) in [5.41, 5.74) is 0. The number of hydrogen-bond donors (Lipinski definition) is 2. The summed E-state index contributed by atoms with van der Waals surface area (Å²) in [6.07, 6.45) is -5.64. The lowest BCUT2D eigenvalue weighted by molar-refractivity contribution is -0.142. The van der Waals surface area contributed by atoms with Crippen LogP contribution in [-0.2, 0) is 9.53 Å². The maximum absolute atomic E-state index is 12.3. The van der Waals surface area contributed by atoms with Crippen molar-refractivity contribution in [2.75, 3.05) is 20.2 Å². The van der Waals surface area contributed by atoms with Crippen LogP contribution >= 0.6 is 0 Å². The van der Waals surface area contributed by atoms with Crippen LogP contribution in [0, 0.1) is 0 Å². The molecule has 0 bridgehead atoms. The molecule has 20 heavy (non-hydrogen) atoms. The molecule has 0 aliphatic rings. The number of aliphatic carboxylic acids is 1. The van der Waals surface area contributed by atoms with Gasteiger partial charge in [-0.3, -0.25) is 4.79 Å². The average Bonchev–Trinajstić information content (AvgIpc) is 2.29. The Balaban J connectivity index is 4.50. The zero-order valence-electron chi connectivity index (χ0n) is 11.5. The number of carbonyl (C=O) groups excluding carboxylic acids is 1. The summed E-state index contributed by atoms with van der Waals surface area (Å²) in [5, 5.41) is 10.8. The highest BCUT2D eigenvalue weighted by Crippen LogP contribution is 2.18. The molecule has 1 atom stereocenters. The van der Waals surface area contributed by atoms with E-state index < -0.39 is 36.9 Å². The second-order valence-corrected chi connectivity index (χ2v) is 4.48. The Labute approximate surface area is 114 Å². The minimum Gasteiger partial charge on any atom is -0.481 e. The molecule has 1 unspecified atom stereocenters. The van der Waals surface area contributed by atoms with Gasteiger partial charge in [0, 0.05) is 19.7 Å². The molecule has 0 heterocycles. The number of carboxylic acids is 1. The van der Waals surface area contributed by atoms with Crippen molar-refractivity contribution >= 4 is 12.0 Å². The zero-order valence-corrected chi connectivity index (χ0v) is 11.5. The first-order valence-corrected chi connectivity index (χ1v) is 5.92. The fourth-order valence-corrected chi connectivity index (χ4v) is 1.42. The van der Waals surface area contributed by atoms with Crippen LogP contribution in [0.5, 0.6) is 0 Å². The number of nitrogens with one attached hydrogen (secondary N) is 1. The highest BCUT2D eigenvalue weighted by molar-refractivity contribution is 5.74. The van der Waals surface area contributed by atoms with Crippen LogP contribution in [0.1, 0.15) is 20.3 Å². The summed E-state index contributed by atoms with van der Waals surface area (Å²) in [4.78, 5) is 22.8. The number of hydrogen-bond acceptors (Lipinski definition) is 3. The van der Waals surface area contributed by atoms with Crippen molar-refractivity contribution in [2.24, 2.45) is 0 Å². The highest BCUT2D eigenvalue weighted by Gasteiger charge is 2.34. The number of rotatable bonds is 7. The molecule has 0 saturated heterocycles. The number of carbonyl (C=O) groups is 2. The number of halogens is 3. The topological polar surface area (TPSA) is 78.9 Å². The van der Waals surface area contributed by atoms with E-state index in [-0.39, 0.29) is 13.0 Å². The van der Waals surface area contributed by atoms with Crippen molar-refractivity contribution in [3.05, 3.63) is 0 Å². The maximum atomic E-state index is 12.3. The SMILES string of the molecule is COC(CNC(=O)N(CC(F)(F)F)C(C)C)CC(=O)O. The van der Waals surface area contributed by atoms with Crippen LogP contribution in [0.25, 0.3) is 0 Å². The van der Waals surface area contributed by atoms with Crippen LogP contribution in [-0.4, -0.2) is 60.5 Å². The molecule has 0 aliphatic carbocycles. The number of ether oxygens (including phenoxy) is 1. The van der Waals surface area contributed by atoms with Crippen LogP contribution in [0.3, 0.4) is 0 Å². The summed E-state index contributed by atoms with van der Waals surface area (Å²) in [6.45, 7) is 1.36. The standard InChI is InChI=1S/C11H19F3N2O4/c1-7(2)16(6-11(12,13)14)10(19)15-5-8(20-3)4-9(17)18/h7-8H,4-6H2,1-3H3,(H,15,19)(H,17,18). The summed E-state index contributed by atoms with van der Waals surface area (Å²) >= 11 is 0. The summed E-state index contributed by atoms with van der Waals surface area (Å²) in [7, 11) is 1.26. The van der Waals surface area contributed by atoms with Crippen LogP contribution in [0.15, 0.2) is 0 Å². The van der Waals surface area contributed by atoms with Gasteiger partial charge < -0.3 is 20.1 Å². The quantitative estimate of drug-likeness (QED) is 0.746. The first-order valence-electron chi connectivity index (χ1n) is 5.92. The molecule has 0 aliphatic heterocycles. The summed E-state index contributed by atoms with van der Waals surface area (Å²) in [6, 6.07) is -1.55. The minimum atomic E-state index is -4.50. The number of nitrogens with zero attached hydrogens (tertiary/aromatic N) is 1. The Morgan fingerprint density at radius 1 is 1.35 bits per heavy atom. The van der Waals surface area contributed by atoms with Gasteiger partial charge in [0.05, 0.1) is 12.5 Å². The summed E-state index contributed by atoms with van der Waals surface area (Å²) in [5.74, 6) is -1.12. The molecular formula is C11H19F3N2O4. The summed E-state index contributed by atoms with van der Waals surface area (Å²) < 4.78 is 41.8. The van der Waals surface area contributed by atoms with Gasteiger partial charge in [0.15, 0.2) is 0 Å². The molecule has 0 aromatic heterocycles. The van der Waals surface area contributed by atoms with Gasteiger partial charge in [0.25, 0.3) is 0 Å². The molecule has 2 N–H and O–H groups in total. The van der Waals surface area contributed by atoms with Gasteiger partial charge in [-0.2, -0.15) is 13.2 Å². The van der Waals surface area contributed by atoms with Crippen molar-refractivity contribution in [3.8, 4) is 0 Å². The molecule has 0 spiro atoms. The number of amides is 2. The Bertz CT molecular complexity index is 334. The second-order valence-electron chi connectivity index (χ2n) is 4.48. The molecule has 9 heteroatoms. The number of methoxy groups -OCH3 is 1. The van der Waals surface area contributed by atoms with Crippen LogP contribution < -0.4 is 5.32 Å². The Kier molecular flexibility index (Phi) is 7.33. The molecular weight excluding hydrogens is 281 g/mol. The molecule has 2 amide bonds. The third-order valence-corrected chi connectivity index (χ3v) is 2.45. The fourth-order valence-electron chi connectivity index (χ4n) is 1.42. The molecule has 0 saturated carbocycles. The average molecular weight is 300 g/mol. The fraction of sp³-hybridized carbons (Fsp3) is 0.818. The Hall–Kier alpha value is -1.51. The van der Waals surface area contributed by atoms with E-state index in [0.717, 1.165) is 0 Å². The monoisotopic (exact) mass is 300 g/mol. The van der Waals surface area contributed by atoms with Gasteiger partial charge in [0.2, 0.25) is 0 Å². The normalized spacial score (nSPS) is 13.2. The van der Waals surface area contributed by atoms with Gasteiger partial charge in [-0.25, -0.2) is 4.79 Å². The molecule has 0 radical (unpaired) electrons. The number of carboxylic acid groups (broad SMARTS) is 1. The van der Waals surface area contributed by atoms with E-state index in [1.165, 1.54) is 21.0 Å². The van der Waals surface area contributed by atoms with E-state index in [4.69, 9.17) is 9.84 Å². The third kappa shape index (κ3) is 7.82. The van der Waals surface area contributed by atoms with Crippen LogP contribution in [0.2, 0.25) is 0 Å². The van der Waals surface area contributed by atoms with Crippen LogP contribution in [0.4, 0.5) is 18.0 Å². The van der Waals surface area contributed by atoms with E-state index in [0.29, 0.717) is 4.90 Å². The van der Waals surface area contributed by atoms with E-state index in [9.17, 15) is 22.8 Å². The lowest BCUT2D eigenvalue weighted by Gasteiger charge is -2.28. The van der Waals surface area contributed by atoms with E-state index in [1.807, 2.05) is 0 Å². The van der Waals surface area contributed by atoms with Crippen molar-refractivity contribution in [1.82, 2.24) is 10.2 Å². The molecule has 118 valence electrons. The molecule has 0 aromatic rings. The molecule has 0 aromatic carbocycles. The van der Waals surface area contributed by atoms with Crippen molar-refractivity contribution in [1.29, 1.82) is 0 Å². The third-order valence-electron chi connectivity index (χ3n) is 2.45. The number of urea groups is 1. The van der Waals surface area contributed by atoms with Gasteiger partial charge in [-0.15, -0.1) is 0 Å². The first-order chi connectivity index (χ1) is 9.06. The highest BCUT2D eigenvalue weighted by atomic mass is 19.4. The van der Waals surface area contributed by atoms with Crippen molar-refractivity contribution < 1.29 is 32.6 Å². The van der Waals surface area contributed by atoms with E-state index in [1.54, 1.807) is 0 Å².